The first kappa shape index (κ1) is 15.8. The van der Waals surface area contributed by atoms with Crippen molar-refractivity contribution in [2.45, 2.75) is 6.54 Å². The van der Waals surface area contributed by atoms with Gasteiger partial charge in [-0.3, -0.25) is 9.89 Å². The highest BCUT2D eigenvalue weighted by Crippen LogP contribution is 2.21. The van der Waals surface area contributed by atoms with Crippen LogP contribution in [0, 0.1) is 5.82 Å². The number of aromatic amines is 1. The Balaban J connectivity index is 1.73. The van der Waals surface area contributed by atoms with E-state index in [2.05, 4.69) is 25.6 Å². The van der Waals surface area contributed by atoms with Gasteiger partial charge in [0.1, 0.15) is 29.2 Å². The molecule has 0 atom stereocenters. The fourth-order valence-corrected chi connectivity index (χ4v) is 2.60. The number of nitrogens with one attached hydrogen (secondary N) is 2. The Morgan fingerprint density at radius 1 is 1.19 bits per heavy atom. The van der Waals surface area contributed by atoms with Crippen molar-refractivity contribution in [1.29, 1.82) is 0 Å². The number of hydrogen-bond donors (Lipinski definition) is 2. The third-order valence-electron chi connectivity index (χ3n) is 3.80. The lowest BCUT2D eigenvalue weighted by Crippen LogP contribution is -2.24. The van der Waals surface area contributed by atoms with Crippen LogP contribution in [0.2, 0.25) is 0 Å². The van der Waals surface area contributed by atoms with Crippen molar-refractivity contribution in [3.05, 3.63) is 78.5 Å². The third kappa shape index (κ3) is 2.86. The van der Waals surface area contributed by atoms with E-state index in [1.807, 2.05) is 12.1 Å². The zero-order valence-electron chi connectivity index (χ0n) is 13.5. The fourth-order valence-electron chi connectivity index (χ4n) is 2.60. The molecule has 4 aromatic rings. The number of H-pyrrole nitrogens is 1. The minimum atomic E-state index is -0.433. The van der Waals surface area contributed by atoms with Gasteiger partial charge in [0, 0.05) is 12.4 Å². The molecule has 4 rings (SSSR count). The summed E-state index contributed by atoms with van der Waals surface area (Å²) in [6.45, 7) is 0.189. The average Bonchev–Trinajstić information content (AvgIpc) is 3.40. The third-order valence-corrected chi connectivity index (χ3v) is 3.80. The van der Waals surface area contributed by atoms with Gasteiger partial charge in [0.2, 0.25) is 0 Å². The molecular formula is C17H14FN7O. The number of carbonyl (C=O) groups excluding carboxylic acids is 1. The zero-order valence-corrected chi connectivity index (χ0v) is 13.5. The molecule has 3 heterocycles. The summed E-state index contributed by atoms with van der Waals surface area (Å²) in [5.41, 5.74) is 0.564. The van der Waals surface area contributed by atoms with E-state index >= 15 is 0 Å². The van der Waals surface area contributed by atoms with E-state index in [9.17, 15) is 9.18 Å². The fraction of sp³-hybridized carbons (Fsp3) is 0.0588. The molecule has 0 bridgehead atoms. The van der Waals surface area contributed by atoms with Gasteiger partial charge < -0.3 is 9.88 Å². The normalized spacial score (nSPS) is 10.8. The first-order chi connectivity index (χ1) is 12.7. The second kappa shape index (κ2) is 6.63. The van der Waals surface area contributed by atoms with Gasteiger partial charge in [0.15, 0.2) is 5.82 Å². The predicted molar refractivity (Wildman–Crippen MR) is 90.4 cm³/mol. The Labute approximate surface area is 147 Å². The van der Waals surface area contributed by atoms with Crippen LogP contribution in [0.5, 0.6) is 0 Å². The van der Waals surface area contributed by atoms with Gasteiger partial charge in [-0.1, -0.05) is 12.1 Å². The van der Waals surface area contributed by atoms with Crippen LogP contribution in [-0.4, -0.2) is 35.4 Å². The molecule has 3 aromatic heterocycles. The van der Waals surface area contributed by atoms with Crippen molar-refractivity contribution in [3.63, 3.8) is 0 Å². The van der Waals surface area contributed by atoms with Crippen molar-refractivity contribution in [1.82, 2.24) is 34.8 Å². The van der Waals surface area contributed by atoms with Crippen molar-refractivity contribution in [2.75, 3.05) is 0 Å². The molecule has 0 spiro atoms. The number of halogens is 1. The number of aromatic nitrogens is 6. The molecule has 0 saturated heterocycles. The summed E-state index contributed by atoms with van der Waals surface area (Å²) in [6.07, 6.45) is 6.31. The monoisotopic (exact) mass is 351 g/mol. The summed E-state index contributed by atoms with van der Waals surface area (Å²) in [5.74, 6) is 0.183. The quantitative estimate of drug-likeness (QED) is 0.574. The van der Waals surface area contributed by atoms with Crippen LogP contribution in [0.15, 0.2) is 61.3 Å². The topological polar surface area (TPSA) is 93.4 Å². The summed E-state index contributed by atoms with van der Waals surface area (Å²) >= 11 is 0. The van der Waals surface area contributed by atoms with Crippen molar-refractivity contribution < 1.29 is 9.18 Å². The maximum Gasteiger partial charge on any atom is 0.257 e. The Morgan fingerprint density at radius 2 is 2.00 bits per heavy atom. The van der Waals surface area contributed by atoms with Crippen LogP contribution in [0.25, 0.3) is 11.5 Å². The molecule has 8 nitrogen and oxygen atoms in total. The first-order valence-electron chi connectivity index (χ1n) is 7.83. The van der Waals surface area contributed by atoms with Gasteiger partial charge in [-0.05, 0) is 24.3 Å². The average molecular weight is 351 g/mol. The number of carbonyl (C=O) groups is 1. The van der Waals surface area contributed by atoms with Crippen LogP contribution < -0.4 is 5.32 Å². The number of para-hydroxylation sites is 1. The highest BCUT2D eigenvalue weighted by molar-refractivity contribution is 5.97. The summed E-state index contributed by atoms with van der Waals surface area (Å²) in [7, 11) is 0. The van der Waals surface area contributed by atoms with Crippen molar-refractivity contribution in [3.8, 4) is 11.5 Å². The molecule has 26 heavy (non-hydrogen) atoms. The molecule has 0 saturated carbocycles. The summed E-state index contributed by atoms with van der Waals surface area (Å²) in [4.78, 5) is 16.6. The second-order valence-corrected chi connectivity index (χ2v) is 5.45. The molecule has 1 amide bonds. The van der Waals surface area contributed by atoms with Gasteiger partial charge in [0.25, 0.3) is 5.91 Å². The smallest absolute Gasteiger partial charge is 0.257 e. The van der Waals surface area contributed by atoms with E-state index < -0.39 is 5.82 Å². The van der Waals surface area contributed by atoms with Crippen LogP contribution in [0.3, 0.4) is 0 Å². The van der Waals surface area contributed by atoms with Crippen LogP contribution >= 0.6 is 0 Å². The molecular weight excluding hydrogens is 337 g/mol. The summed E-state index contributed by atoms with van der Waals surface area (Å²) in [6, 6.07) is 9.89. The Morgan fingerprint density at radius 3 is 2.73 bits per heavy atom. The maximum atomic E-state index is 14.3. The number of benzene rings is 1. The lowest BCUT2D eigenvalue weighted by atomic mass is 10.2. The molecule has 2 N–H and O–H groups in total. The zero-order chi connectivity index (χ0) is 17.9. The lowest BCUT2D eigenvalue weighted by Gasteiger charge is -2.11. The number of rotatable bonds is 5. The molecule has 0 radical (unpaired) electrons. The molecule has 0 aliphatic heterocycles. The van der Waals surface area contributed by atoms with Crippen molar-refractivity contribution >= 4 is 5.91 Å². The predicted octanol–water partition coefficient (Wildman–Crippen LogP) is 1.85. The van der Waals surface area contributed by atoms with E-state index in [1.165, 1.54) is 23.3 Å². The molecule has 1 aromatic carbocycles. The van der Waals surface area contributed by atoms with Gasteiger partial charge >= 0.3 is 0 Å². The largest absolute Gasteiger partial charge is 0.345 e. The van der Waals surface area contributed by atoms with Gasteiger partial charge in [-0.15, -0.1) is 0 Å². The number of amides is 1. The van der Waals surface area contributed by atoms with E-state index in [0.717, 1.165) is 0 Å². The second-order valence-electron chi connectivity index (χ2n) is 5.45. The lowest BCUT2D eigenvalue weighted by molar-refractivity contribution is 0.0950. The number of nitrogens with zero attached hydrogens (tertiary/aromatic N) is 5. The summed E-state index contributed by atoms with van der Waals surface area (Å²) in [5, 5.41) is 13.4. The van der Waals surface area contributed by atoms with Crippen LogP contribution in [-0.2, 0) is 6.54 Å². The molecule has 0 unspecified atom stereocenters. The van der Waals surface area contributed by atoms with E-state index in [0.29, 0.717) is 17.2 Å². The maximum absolute atomic E-state index is 14.3. The molecule has 9 heteroatoms. The molecule has 0 aliphatic rings. The van der Waals surface area contributed by atoms with Gasteiger partial charge in [-0.25, -0.2) is 14.1 Å². The van der Waals surface area contributed by atoms with Crippen LogP contribution in [0.1, 0.15) is 16.2 Å². The highest BCUT2D eigenvalue weighted by Gasteiger charge is 2.21. The van der Waals surface area contributed by atoms with Gasteiger partial charge in [-0.2, -0.15) is 10.2 Å². The first-order valence-corrected chi connectivity index (χ1v) is 7.83. The Hall–Kier alpha value is -3.75. The highest BCUT2D eigenvalue weighted by atomic mass is 19.1. The summed E-state index contributed by atoms with van der Waals surface area (Å²) < 4.78 is 17.4. The SMILES string of the molecule is O=C(NCc1ncn[nH]1)c1cnn(-c2ccccc2F)c1-n1cccc1. The van der Waals surface area contributed by atoms with E-state index in [4.69, 9.17) is 0 Å². The van der Waals surface area contributed by atoms with E-state index in [-0.39, 0.29) is 18.1 Å². The molecule has 0 aliphatic carbocycles. The minimum absolute atomic E-state index is 0.189. The van der Waals surface area contributed by atoms with E-state index in [1.54, 1.807) is 35.2 Å². The molecule has 130 valence electrons. The van der Waals surface area contributed by atoms with Gasteiger partial charge in [0.05, 0.1) is 12.7 Å². The molecule has 0 fully saturated rings. The number of hydrogen-bond acceptors (Lipinski definition) is 4. The Kier molecular flexibility index (Phi) is 4.02. The minimum Gasteiger partial charge on any atom is -0.345 e. The Bertz CT molecular complexity index is 1020. The van der Waals surface area contributed by atoms with Crippen LogP contribution in [0.4, 0.5) is 4.39 Å². The van der Waals surface area contributed by atoms with Crippen molar-refractivity contribution in [2.24, 2.45) is 0 Å². The standard InChI is InChI=1S/C17H14FN7O/c18-13-5-1-2-6-14(13)25-17(24-7-3-4-8-24)12(9-22-25)16(26)19-10-15-20-11-21-23-15/h1-9,11H,10H2,(H,19,26)(H,20,21,23).